The Morgan fingerprint density at radius 3 is 2.45 bits per heavy atom. The molecule has 0 saturated carbocycles. The molecule has 0 saturated heterocycles. The van der Waals surface area contributed by atoms with Gasteiger partial charge in [0.05, 0.1) is 5.02 Å². The van der Waals surface area contributed by atoms with E-state index in [0.717, 1.165) is 5.56 Å². The van der Waals surface area contributed by atoms with E-state index in [4.69, 9.17) is 16.3 Å². The second kappa shape index (κ2) is 9.61. The number of amides is 2. The fraction of sp³-hybridized carbons (Fsp3) is 0.273. The molecule has 3 N–H and O–H groups in total. The fourth-order valence-corrected chi connectivity index (χ4v) is 3.02. The molecule has 0 radical (unpaired) electrons. The third-order valence-electron chi connectivity index (χ3n) is 4.14. The Hall–Kier alpha value is -3.39. The predicted molar refractivity (Wildman–Crippen MR) is 119 cm³/mol. The van der Waals surface area contributed by atoms with Gasteiger partial charge in [-0.15, -0.1) is 5.10 Å². The highest BCUT2D eigenvalue weighted by molar-refractivity contribution is 6.33. The number of hydrogen-bond acceptors (Lipinski definition) is 5. The number of halogens is 1. The fourth-order valence-electron chi connectivity index (χ4n) is 2.80. The Bertz CT molecular complexity index is 1050. The maximum atomic E-state index is 12.9. The zero-order valence-electron chi connectivity index (χ0n) is 17.5. The number of rotatable bonds is 6. The number of aromatic nitrogens is 3. The molecular formula is C22H24ClN5O3. The standard InChI is InChI=1S/C22H24ClN5O3/c1-22(2,3)31-21(30)24-17(13-14-9-5-4-6-10-14)19(29)26-20-25-18(27-28-20)15-11-7-8-12-16(15)23/h4-12,17H,13H2,1-3H3,(H,24,30)(H2,25,26,27,28,29)/t17-/m0/s1. The van der Waals surface area contributed by atoms with Gasteiger partial charge in [0.15, 0.2) is 5.82 Å². The molecule has 2 aromatic carbocycles. The third kappa shape index (κ3) is 6.55. The molecule has 2 amide bonds. The van der Waals surface area contributed by atoms with Crippen LogP contribution in [0.3, 0.4) is 0 Å². The molecule has 0 unspecified atom stereocenters. The number of alkyl carbamates (subject to hydrolysis) is 1. The van der Waals surface area contributed by atoms with Crippen LogP contribution in [0.5, 0.6) is 0 Å². The highest BCUT2D eigenvalue weighted by atomic mass is 35.5. The lowest BCUT2D eigenvalue weighted by Crippen LogP contribution is -2.47. The number of aromatic amines is 1. The van der Waals surface area contributed by atoms with Gasteiger partial charge in [-0.2, -0.15) is 4.98 Å². The van der Waals surface area contributed by atoms with E-state index in [9.17, 15) is 9.59 Å². The highest BCUT2D eigenvalue weighted by Gasteiger charge is 2.25. The third-order valence-corrected chi connectivity index (χ3v) is 4.47. The van der Waals surface area contributed by atoms with Gasteiger partial charge in [0.25, 0.3) is 0 Å². The van der Waals surface area contributed by atoms with Crippen molar-refractivity contribution in [3.63, 3.8) is 0 Å². The summed E-state index contributed by atoms with van der Waals surface area (Å²) in [7, 11) is 0. The van der Waals surface area contributed by atoms with Crippen molar-refractivity contribution < 1.29 is 14.3 Å². The van der Waals surface area contributed by atoms with Crippen molar-refractivity contribution in [3.8, 4) is 11.4 Å². The van der Waals surface area contributed by atoms with E-state index < -0.39 is 23.6 Å². The summed E-state index contributed by atoms with van der Waals surface area (Å²) in [5.41, 5.74) is 0.848. The molecule has 0 bridgehead atoms. The van der Waals surface area contributed by atoms with Crippen LogP contribution >= 0.6 is 11.6 Å². The topological polar surface area (TPSA) is 109 Å². The van der Waals surface area contributed by atoms with Crippen molar-refractivity contribution >= 4 is 29.5 Å². The van der Waals surface area contributed by atoms with Gasteiger partial charge in [0, 0.05) is 12.0 Å². The molecule has 0 aliphatic heterocycles. The maximum absolute atomic E-state index is 12.9. The van der Waals surface area contributed by atoms with Crippen LogP contribution in [0.25, 0.3) is 11.4 Å². The second-order valence-electron chi connectivity index (χ2n) is 7.87. The number of nitrogens with one attached hydrogen (secondary N) is 3. The molecule has 1 aromatic heterocycles. The maximum Gasteiger partial charge on any atom is 0.408 e. The molecule has 162 valence electrons. The van der Waals surface area contributed by atoms with Crippen LogP contribution in [0.2, 0.25) is 5.02 Å². The van der Waals surface area contributed by atoms with Gasteiger partial charge < -0.3 is 10.1 Å². The number of benzene rings is 2. The molecule has 1 atom stereocenters. The van der Waals surface area contributed by atoms with Crippen molar-refractivity contribution in [2.75, 3.05) is 5.32 Å². The van der Waals surface area contributed by atoms with E-state index in [1.807, 2.05) is 36.4 Å². The lowest BCUT2D eigenvalue weighted by atomic mass is 10.1. The average Bonchev–Trinajstić information content (AvgIpc) is 3.15. The number of H-pyrrole nitrogens is 1. The highest BCUT2D eigenvalue weighted by Crippen LogP contribution is 2.24. The largest absolute Gasteiger partial charge is 0.444 e. The molecule has 31 heavy (non-hydrogen) atoms. The molecule has 0 spiro atoms. The van der Waals surface area contributed by atoms with Crippen molar-refractivity contribution in [2.24, 2.45) is 0 Å². The van der Waals surface area contributed by atoms with Gasteiger partial charge in [-0.3, -0.25) is 15.2 Å². The molecule has 3 aromatic rings. The average molecular weight is 442 g/mol. The first-order valence-electron chi connectivity index (χ1n) is 9.73. The van der Waals surface area contributed by atoms with Crippen molar-refractivity contribution in [2.45, 2.75) is 38.8 Å². The van der Waals surface area contributed by atoms with E-state index in [-0.39, 0.29) is 12.4 Å². The zero-order chi connectivity index (χ0) is 22.4. The Labute approximate surface area is 185 Å². The smallest absolute Gasteiger partial charge is 0.408 e. The number of carbonyl (C=O) groups excluding carboxylic acids is 2. The molecule has 9 heteroatoms. The van der Waals surface area contributed by atoms with Gasteiger partial charge in [-0.25, -0.2) is 4.79 Å². The van der Waals surface area contributed by atoms with Crippen LogP contribution < -0.4 is 10.6 Å². The van der Waals surface area contributed by atoms with Crippen LogP contribution in [0, 0.1) is 0 Å². The SMILES string of the molecule is CC(C)(C)OC(=O)N[C@@H](Cc1ccccc1)C(=O)Nc1n[nH]c(-c2ccccc2Cl)n1. The Morgan fingerprint density at radius 2 is 1.77 bits per heavy atom. The second-order valence-corrected chi connectivity index (χ2v) is 8.27. The summed E-state index contributed by atoms with van der Waals surface area (Å²) < 4.78 is 5.30. The minimum atomic E-state index is -0.889. The minimum Gasteiger partial charge on any atom is -0.444 e. The molecule has 3 rings (SSSR count). The quantitative estimate of drug-likeness (QED) is 0.531. The lowest BCUT2D eigenvalue weighted by Gasteiger charge is -2.23. The number of anilines is 1. The molecule has 0 aliphatic carbocycles. The van der Waals surface area contributed by atoms with E-state index >= 15 is 0 Å². The summed E-state index contributed by atoms with van der Waals surface area (Å²) in [5.74, 6) is 0.0176. The van der Waals surface area contributed by atoms with Gasteiger partial charge in [-0.05, 0) is 38.5 Å². The van der Waals surface area contributed by atoms with Crippen LogP contribution in [-0.2, 0) is 16.0 Å². The monoisotopic (exact) mass is 441 g/mol. The van der Waals surface area contributed by atoms with Crippen LogP contribution in [-0.4, -0.2) is 38.8 Å². The molecule has 0 fully saturated rings. The van der Waals surface area contributed by atoms with Crippen LogP contribution in [0.4, 0.5) is 10.7 Å². The summed E-state index contributed by atoms with van der Waals surface area (Å²) in [4.78, 5) is 29.5. The van der Waals surface area contributed by atoms with E-state index in [1.54, 1.807) is 39.0 Å². The van der Waals surface area contributed by atoms with Crippen molar-refractivity contribution in [3.05, 3.63) is 65.2 Å². The lowest BCUT2D eigenvalue weighted by molar-refractivity contribution is -0.118. The summed E-state index contributed by atoms with van der Waals surface area (Å²) in [5, 5.41) is 12.6. The number of ether oxygens (including phenoxy) is 1. The number of hydrogen-bond donors (Lipinski definition) is 3. The molecular weight excluding hydrogens is 418 g/mol. The van der Waals surface area contributed by atoms with Gasteiger partial charge >= 0.3 is 6.09 Å². The van der Waals surface area contributed by atoms with Crippen LogP contribution in [0.15, 0.2) is 54.6 Å². The van der Waals surface area contributed by atoms with E-state index in [2.05, 4.69) is 25.8 Å². The van der Waals surface area contributed by atoms with Crippen LogP contribution in [0.1, 0.15) is 26.3 Å². The Balaban J connectivity index is 1.75. The first kappa shape index (κ1) is 22.3. The van der Waals surface area contributed by atoms with Gasteiger partial charge in [0.1, 0.15) is 11.6 Å². The Morgan fingerprint density at radius 1 is 1.10 bits per heavy atom. The predicted octanol–water partition coefficient (Wildman–Crippen LogP) is 4.20. The summed E-state index contributed by atoms with van der Waals surface area (Å²) in [6.07, 6.45) is -0.413. The summed E-state index contributed by atoms with van der Waals surface area (Å²) in [6, 6.07) is 15.6. The van der Waals surface area contributed by atoms with Crippen molar-refractivity contribution in [1.29, 1.82) is 0 Å². The van der Waals surface area contributed by atoms with E-state index in [0.29, 0.717) is 16.4 Å². The first-order chi connectivity index (χ1) is 14.7. The zero-order valence-corrected chi connectivity index (χ0v) is 18.2. The molecule has 8 nitrogen and oxygen atoms in total. The minimum absolute atomic E-state index is 0.0731. The Kier molecular flexibility index (Phi) is 6.91. The normalized spacial score (nSPS) is 12.1. The van der Waals surface area contributed by atoms with E-state index in [1.165, 1.54) is 0 Å². The van der Waals surface area contributed by atoms with Gasteiger partial charge in [-0.1, -0.05) is 54.1 Å². The molecule has 0 aliphatic rings. The summed E-state index contributed by atoms with van der Waals surface area (Å²) >= 11 is 6.19. The molecule has 1 heterocycles. The summed E-state index contributed by atoms with van der Waals surface area (Å²) in [6.45, 7) is 5.26. The number of nitrogens with zero attached hydrogens (tertiary/aromatic N) is 2. The van der Waals surface area contributed by atoms with Crippen molar-refractivity contribution in [1.82, 2.24) is 20.5 Å². The first-order valence-corrected chi connectivity index (χ1v) is 10.1. The van der Waals surface area contributed by atoms with Gasteiger partial charge in [0.2, 0.25) is 11.9 Å². The number of carbonyl (C=O) groups is 2.